The molecule has 53 heavy (non-hydrogen) atoms. The quantitative estimate of drug-likeness (QED) is 0.0449. The maximum atomic E-state index is 13.3. The molecular weight excluding hydrogens is 641 g/mol. The third-order valence-corrected chi connectivity index (χ3v) is 12.3. The van der Waals surface area contributed by atoms with Crippen LogP contribution in [0.15, 0.2) is 24.3 Å². The molecular formula is C52H100O. The fourth-order valence-corrected chi connectivity index (χ4v) is 8.45. The molecule has 0 heterocycles. The van der Waals surface area contributed by atoms with Crippen LogP contribution in [0.4, 0.5) is 0 Å². The normalized spacial score (nSPS) is 12.2. The molecule has 0 aliphatic heterocycles. The van der Waals surface area contributed by atoms with Crippen molar-refractivity contribution in [2.24, 2.45) is 5.41 Å². The van der Waals surface area contributed by atoms with E-state index in [0.717, 1.165) is 19.3 Å². The van der Waals surface area contributed by atoms with Gasteiger partial charge < -0.3 is 0 Å². The minimum absolute atomic E-state index is 0.0408. The van der Waals surface area contributed by atoms with Crippen LogP contribution in [0.3, 0.4) is 0 Å². The molecule has 0 atom stereocenters. The van der Waals surface area contributed by atoms with Crippen molar-refractivity contribution in [2.75, 3.05) is 0 Å². The van der Waals surface area contributed by atoms with Crippen LogP contribution >= 0.6 is 0 Å². The summed E-state index contributed by atoms with van der Waals surface area (Å²) in [6.07, 6.45) is 66.3. The van der Waals surface area contributed by atoms with Crippen LogP contribution in [0.25, 0.3) is 0 Å². The van der Waals surface area contributed by atoms with Gasteiger partial charge in [0, 0.05) is 5.41 Å². The van der Waals surface area contributed by atoms with Gasteiger partial charge in [0.1, 0.15) is 5.78 Å². The molecule has 0 fully saturated rings. The van der Waals surface area contributed by atoms with E-state index in [0.29, 0.717) is 5.78 Å². The molecule has 0 aromatic carbocycles. The summed E-state index contributed by atoms with van der Waals surface area (Å²) >= 11 is 0. The van der Waals surface area contributed by atoms with E-state index in [4.69, 9.17) is 0 Å². The average Bonchev–Trinajstić information content (AvgIpc) is 3.16. The number of carbonyl (C=O) groups is 1. The van der Waals surface area contributed by atoms with Crippen molar-refractivity contribution in [3.63, 3.8) is 0 Å². The maximum absolute atomic E-state index is 13.3. The lowest BCUT2D eigenvalue weighted by Crippen LogP contribution is -2.29. The molecule has 0 aliphatic carbocycles. The average molecular weight is 741 g/mol. The molecule has 0 N–H and O–H groups in total. The summed E-state index contributed by atoms with van der Waals surface area (Å²) < 4.78 is 0. The summed E-state index contributed by atoms with van der Waals surface area (Å²) in [5.74, 6) is 0.505. The first-order valence-electron chi connectivity index (χ1n) is 24.9. The summed E-state index contributed by atoms with van der Waals surface area (Å²) in [6.45, 7) is 8.84. The Bertz CT molecular complexity index is 719. The second-order valence-corrected chi connectivity index (χ2v) is 17.5. The minimum atomic E-state index is -0.0408. The van der Waals surface area contributed by atoms with Gasteiger partial charge >= 0.3 is 0 Å². The molecule has 0 aromatic heterocycles. The van der Waals surface area contributed by atoms with Gasteiger partial charge in [-0.05, 0) is 77.6 Å². The van der Waals surface area contributed by atoms with Gasteiger partial charge in [-0.1, -0.05) is 244 Å². The van der Waals surface area contributed by atoms with Crippen LogP contribution in [-0.2, 0) is 4.79 Å². The third kappa shape index (κ3) is 37.8. The Morgan fingerprint density at radius 1 is 0.302 bits per heavy atom. The van der Waals surface area contributed by atoms with Crippen molar-refractivity contribution in [2.45, 2.75) is 297 Å². The highest BCUT2D eigenvalue weighted by atomic mass is 16.1. The molecule has 0 saturated heterocycles. The predicted octanol–water partition coefficient (Wildman–Crippen LogP) is 19.1. The van der Waals surface area contributed by atoms with Gasteiger partial charge in [0.2, 0.25) is 0 Å². The first-order chi connectivity index (χ1) is 26.1. The van der Waals surface area contributed by atoms with Gasteiger partial charge in [-0.25, -0.2) is 0 Å². The zero-order chi connectivity index (χ0) is 38.6. The molecule has 1 heteroatoms. The number of rotatable bonds is 45. The second-order valence-electron chi connectivity index (χ2n) is 17.5. The smallest absolute Gasteiger partial charge is 0.135 e. The van der Waals surface area contributed by atoms with Crippen molar-refractivity contribution in [1.82, 2.24) is 0 Å². The number of carbonyl (C=O) groups excluding carboxylic acids is 1. The number of hydrogen-bond acceptors (Lipinski definition) is 1. The van der Waals surface area contributed by atoms with E-state index >= 15 is 0 Å². The van der Waals surface area contributed by atoms with Crippen molar-refractivity contribution in [1.29, 1.82) is 0 Å². The molecule has 0 amide bonds. The molecule has 0 aliphatic rings. The van der Waals surface area contributed by atoms with Gasteiger partial charge in [0.15, 0.2) is 0 Å². The van der Waals surface area contributed by atoms with Gasteiger partial charge in [-0.15, -0.1) is 0 Å². The second kappa shape index (κ2) is 43.9. The van der Waals surface area contributed by atoms with Crippen molar-refractivity contribution in [3.8, 4) is 0 Å². The van der Waals surface area contributed by atoms with Crippen LogP contribution in [0.1, 0.15) is 297 Å². The third-order valence-electron chi connectivity index (χ3n) is 12.3. The zero-order valence-electron chi connectivity index (χ0n) is 37.4. The molecule has 0 radical (unpaired) electrons. The lowest BCUT2D eigenvalue weighted by atomic mass is 9.71. The van der Waals surface area contributed by atoms with Gasteiger partial charge in [0.05, 0.1) is 0 Å². The highest BCUT2D eigenvalue weighted by Gasteiger charge is 2.33. The van der Waals surface area contributed by atoms with Gasteiger partial charge in [0.25, 0.3) is 0 Å². The van der Waals surface area contributed by atoms with E-state index in [9.17, 15) is 4.79 Å². The number of ketones is 1. The minimum Gasteiger partial charge on any atom is -0.299 e. The molecule has 0 saturated carbocycles. The number of Topliss-reactive ketones (excluding diaryl/α,β-unsaturated/α-hetero) is 1. The van der Waals surface area contributed by atoms with E-state index in [1.165, 1.54) is 250 Å². The Hall–Kier alpha value is -0.850. The summed E-state index contributed by atoms with van der Waals surface area (Å²) in [5.41, 5.74) is -0.0408. The lowest BCUT2D eigenvalue weighted by Gasteiger charge is -2.32. The van der Waals surface area contributed by atoms with Crippen molar-refractivity contribution in [3.05, 3.63) is 24.3 Å². The molecule has 0 spiro atoms. The largest absolute Gasteiger partial charge is 0.299 e. The Balaban J connectivity index is 4.38. The monoisotopic (exact) mass is 741 g/mol. The topological polar surface area (TPSA) is 17.1 Å². The van der Waals surface area contributed by atoms with Crippen LogP contribution in [0, 0.1) is 5.41 Å². The van der Waals surface area contributed by atoms with Crippen LogP contribution < -0.4 is 0 Å². The molecule has 0 rings (SSSR count). The van der Waals surface area contributed by atoms with Gasteiger partial charge in [-0.3, -0.25) is 4.79 Å². The Labute approximate surface area is 336 Å². The predicted molar refractivity (Wildman–Crippen MR) is 242 cm³/mol. The fraction of sp³-hybridized carbons (Fsp3) is 0.904. The first-order valence-corrected chi connectivity index (χ1v) is 24.9. The van der Waals surface area contributed by atoms with Crippen LogP contribution in [-0.4, -0.2) is 5.78 Å². The Morgan fingerprint density at radius 2 is 0.491 bits per heavy atom. The Morgan fingerprint density at radius 3 is 0.698 bits per heavy atom. The standard InChI is InChI=1S/C52H100O/c1-5-8-11-14-17-20-23-25-27-29-31-34-37-40-43-46-49-52(51(4)53,48-45-42-39-36-33-22-19-16-13-10-7-3)50-47-44-41-38-35-32-30-28-26-24-21-18-15-12-9-6-2/h25-28H,5-24,29-50H2,1-4H3/b27-25-,28-26-. The Kier molecular flexibility index (Phi) is 43.2. The molecule has 314 valence electrons. The first kappa shape index (κ1) is 52.2. The summed E-state index contributed by atoms with van der Waals surface area (Å²) in [7, 11) is 0. The van der Waals surface area contributed by atoms with E-state index < -0.39 is 0 Å². The van der Waals surface area contributed by atoms with Crippen LogP contribution in [0.2, 0.25) is 0 Å². The lowest BCUT2D eigenvalue weighted by molar-refractivity contribution is -0.128. The molecule has 0 aromatic rings. The van der Waals surface area contributed by atoms with E-state index in [1.807, 2.05) is 6.92 Å². The number of allylic oxidation sites excluding steroid dienone is 4. The molecule has 1 nitrogen and oxygen atoms in total. The molecule has 0 unspecified atom stereocenters. The summed E-state index contributed by atoms with van der Waals surface area (Å²) in [5, 5.41) is 0. The number of unbranched alkanes of at least 4 members (excludes halogenated alkanes) is 34. The highest BCUT2D eigenvalue weighted by Crippen LogP contribution is 2.38. The highest BCUT2D eigenvalue weighted by molar-refractivity contribution is 5.82. The summed E-state index contributed by atoms with van der Waals surface area (Å²) in [4.78, 5) is 13.3. The fourth-order valence-electron chi connectivity index (χ4n) is 8.45. The van der Waals surface area contributed by atoms with E-state index in [2.05, 4.69) is 45.1 Å². The maximum Gasteiger partial charge on any atom is 0.135 e. The summed E-state index contributed by atoms with van der Waals surface area (Å²) in [6, 6.07) is 0. The van der Waals surface area contributed by atoms with Crippen LogP contribution in [0.5, 0.6) is 0 Å². The number of hydrogen-bond donors (Lipinski definition) is 0. The van der Waals surface area contributed by atoms with E-state index in [-0.39, 0.29) is 5.41 Å². The molecule has 0 bridgehead atoms. The van der Waals surface area contributed by atoms with Crippen molar-refractivity contribution < 1.29 is 4.79 Å². The zero-order valence-corrected chi connectivity index (χ0v) is 37.4. The van der Waals surface area contributed by atoms with E-state index in [1.54, 1.807) is 0 Å². The SMILES string of the molecule is CCCCCCCC/C=C\CCCCCCCCC(CCCCCCCC/C=C\CCCCCCCC)(CCCCCCCCCCCCC)C(C)=O. The van der Waals surface area contributed by atoms with Crippen molar-refractivity contribution >= 4 is 5.78 Å². The van der Waals surface area contributed by atoms with Gasteiger partial charge in [-0.2, -0.15) is 0 Å².